The zero-order chi connectivity index (χ0) is 13.2. The Morgan fingerprint density at radius 3 is 2.32 bits per heavy atom. The number of nitrogens with zero attached hydrogens (tertiary/aromatic N) is 3. The van der Waals surface area contributed by atoms with Crippen molar-refractivity contribution in [1.29, 1.82) is 0 Å². The van der Waals surface area contributed by atoms with Crippen LogP contribution in [-0.4, -0.2) is 34.5 Å². The van der Waals surface area contributed by atoms with Gasteiger partial charge < -0.3 is 4.90 Å². The zero-order valence-electron chi connectivity index (χ0n) is 12.1. The largest absolute Gasteiger partial charge is 0.303 e. The first-order valence-electron chi connectivity index (χ1n) is 7.93. The molecule has 3 heteroatoms. The van der Waals surface area contributed by atoms with Crippen molar-refractivity contribution >= 4 is 0 Å². The molecule has 0 aliphatic carbocycles. The van der Waals surface area contributed by atoms with E-state index in [4.69, 9.17) is 0 Å². The van der Waals surface area contributed by atoms with Crippen LogP contribution in [0.4, 0.5) is 0 Å². The average molecular weight is 261 g/mol. The molecule has 0 atom stereocenters. The highest BCUT2D eigenvalue weighted by molar-refractivity contribution is 4.88. The van der Waals surface area contributed by atoms with Crippen LogP contribution in [0.5, 0.6) is 0 Å². The highest BCUT2D eigenvalue weighted by atomic mass is 15.1. The molecule has 0 N–H and O–H groups in total. The van der Waals surface area contributed by atoms with Crippen molar-refractivity contribution in [3.63, 3.8) is 0 Å². The highest BCUT2D eigenvalue weighted by Gasteiger charge is 2.08. The number of aryl methyl sites for hydroxylation is 1. The smallest absolute Gasteiger partial charge is 0.128 e. The molecule has 0 spiro atoms. The molecule has 106 valence electrons. The lowest BCUT2D eigenvalue weighted by Gasteiger charge is -2.26. The van der Waals surface area contributed by atoms with E-state index in [9.17, 15) is 0 Å². The maximum atomic E-state index is 4.26. The van der Waals surface area contributed by atoms with Gasteiger partial charge in [-0.15, -0.1) is 0 Å². The molecule has 3 nitrogen and oxygen atoms in total. The average Bonchev–Trinajstić information content (AvgIpc) is 2.48. The molecule has 19 heavy (non-hydrogen) atoms. The van der Waals surface area contributed by atoms with Crippen LogP contribution in [-0.2, 0) is 6.42 Å². The summed E-state index contributed by atoms with van der Waals surface area (Å²) in [6.45, 7) is 4.00. The van der Waals surface area contributed by atoms with E-state index in [1.54, 1.807) is 0 Å². The van der Waals surface area contributed by atoms with E-state index in [0.29, 0.717) is 0 Å². The van der Waals surface area contributed by atoms with E-state index >= 15 is 0 Å². The first-order chi connectivity index (χ1) is 9.45. The summed E-state index contributed by atoms with van der Waals surface area (Å²) in [6.07, 6.45) is 15.6. The number of hydrogen-bond donors (Lipinski definition) is 0. The fraction of sp³-hybridized carbons (Fsp3) is 0.750. The summed E-state index contributed by atoms with van der Waals surface area (Å²) in [7, 11) is 0. The third-order valence-electron chi connectivity index (χ3n) is 3.94. The third kappa shape index (κ3) is 6.15. The second-order valence-corrected chi connectivity index (χ2v) is 5.59. The molecule has 2 heterocycles. The Balaban J connectivity index is 1.42. The van der Waals surface area contributed by atoms with Gasteiger partial charge in [0.25, 0.3) is 0 Å². The Morgan fingerprint density at radius 1 is 0.842 bits per heavy atom. The van der Waals surface area contributed by atoms with Crippen molar-refractivity contribution in [3.8, 4) is 0 Å². The number of likely N-dealkylation sites (tertiary alicyclic amines) is 1. The van der Waals surface area contributed by atoms with Crippen molar-refractivity contribution in [1.82, 2.24) is 14.9 Å². The Hall–Kier alpha value is -0.960. The number of hydrogen-bond acceptors (Lipinski definition) is 3. The van der Waals surface area contributed by atoms with Crippen LogP contribution in [0.15, 0.2) is 18.5 Å². The normalized spacial score (nSPS) is 16.6. The van der Waals surface area contributed by atoms with E-state index in [2.05, 4.69) is 14.9 Å². The molecule has 2 rings (SSSR count). The predicted molar refractivity (Wildman–Crippen MR) is 79.1 cm³/mol. The van der Waals surface area contributed by atoms with Gasteiger partial charge in [0.15, 0.2) is 0 Å². The molecular weight excluding hydrogens is 234 g/mol. The second kappa shape index (κ2) is 9.03. The van der Waals surface area contributed by atoms with E-state index < -0.39 is 0 Å². The van der Waals surface area contributed by atoms with Crippen LogP contribution < -0.4 is 0 Å². The number of aromatic nitrogens is 2. The first kappa shape index (κ1) is 14.4. The molecular formula is C16H27N3. The van der Waals surface area contributed by atoms with Gasteiger partial charge in [0.2, 0.25) is 0 Å². The summed E-state index contributed by atoms with van der Waals surface area (Å²) in [5.74, 6) is 0.996. The van der Waals surface area contributed by atoms with E-state index in [-0.39, 0.29) is 0 Å². The number of rotatable bonds is 8. The second-order valence-electron chi connectivity index (χ2n) is 5.59. The van der Waals surface area contributed by atoms with Gasteiger partial charge in [-0.3, -0.25) is 0 Å². The Bertz CT molecular complexity index is 320. The standard InChI is InChI=1S/C16H27N3/c1(2-5-10-16-17-11-9-12-18-16)3-6-13-19-14-7-4-8-15-19/h9,11-12H,1-8,10,13-15H2. The zero-order valence-corrected chi connectivity index (χ0v) is 12.1. The van der Waals surface area contributed by atoms with Crippen LogP contribution in [0.3, 0.4) is 0 Å². The quantitative estimate of drug-likeness (QED) is 0.671. The molecule has 1 aliphatic rings. The van der Waals surface area contributed by atoms with E-state index in [0.717, 1.165) is 12.2 Å². The van der Waals surface area contributed by atoms with Gasteiger partial charge in [-0.05, 0) is 51.4 Å². The number of unbranched alkanes of at least 4 members (excludes halogenated alkanes) is 4. The van der Waals surface area contributed by atoms with Gasteiger partial charge in [0.05, 0.1) is 0 Å². The van der Waals surface area contributed by atoms with Gasteiger partial charge in [-0.1, -0.05) is 25.7 Å². The van der Waals surface area contributed by atoms with Gasteiger partial charge >= 0.3 is 0 Å². The molecule has 0 saturated carbocycles. The van der Waals surface area contributed by atoms with Gasteiger partial charge in [0.1, 0.15) is 5.82 Å². The van der Waals surface area contributed by atoms with Gasteiger partial charge in [0, 0.05) is 18.8 Å². The Kier molecular flexibility index (Phi) is 6.86. The lowest BCUT2D eigenvalue weighted by Crippen LogP contribution is -2.30. The molecule has 1 saturated heterocycles. The maximum absolute atomic E-state index is 4.26. The first-order valence-corrected chi connectivity index (χ1v) is 7.93. The summed E-state index contributed by atoms with van der Waals surface area (Å²) in [6, 6.07) is 1.88. The van der Waals surface area contributed by atoms with Crippen molar-refractivity contribution in [2.75, 3.05) is 19.6 Å². The fourth-order valence-corrected chi connectivity index (χ4v) is 2.79. The third-order valence-corrected chi connectivity index (χ3v) is 3.94. The Labute approximate surface area is 117 Å². The van der Waals surface area contributed by atoms with Crippen molar-refractivity contribution < 1.29 is 0 Å². The van der Waals surface area contributed by atoms with Crippen LogP contribution >= 0.6 is 0 Å². The minimum absolute atomic E-state index is 0.996. The fourth-order valence-electron chi connectivity index (χ4n) is 2.79. The molecule has 0 bridgehead atoms. The lowest BCUT2D eigenvalue weighted by molar-refractivity contribution is 0.224. The highest BCUT2D eigenvalue weighted by Crippen LogP contribution is 2.11. The molecule has 1 aromatic rings. The minimum Gasteiger partial charge on any atom is -0.303 e. The van der Waals surface area contributed by atoms with Gasteiger partial charge in [-0.25, -0.2) is 9.97 Å². The summed E-state index contributed by atoms with van der Waals surface area (Å²) < 4.78 is 0. The maximum Gasteiger partial charge on any atom is 0.128 e. The van der Waals surface area contributed by atoms with Crippen LogP contribution in [0.25, 0.3) is 0 Å². The van der Waals surface area contributed by atoms with Crippen molar-refractivity contribution in [3.05, 3.63) is 24.3 Å². The van der Waals surface area contributed by atoms with Crippen molar-refractivity contribution in [2.45, 2.75) is 57.8 Å². The molecule has 0 radical (unpaired) electrons. The van der Waals surface area contributed by atoms with Crippen LogP contribution in [0.1, 0.15) is 57.2 Å². The monoisotopic (exact) mass is 261 g/mol. The number of piperidine rings is 1. The summed E-state index contributed by atoms with van der Waals surface area (Å²) in [5, 5.41) is 0. The van der Waals surface area contributed by atoms with E-state index in [1.165, 1.54) is 71.0 Å². The van der Waals surface area contributed by atoms with Crippen molar-refractivity contribution in [2.24, 2.45) is 0 Å². The van der Waals surface area contributed by atoms with Crippen LogP contribution in [0.2, 0.25) is 0 Å². The topological polar surface area (TPSA) is 29.0 Å². The molecule has 0 aromatic carbocycles. The Morgan fingerprint density at radius 2 is 1.53 bits per heavy atom. The molecule has 1 fully saturated rings. The molecule has 0 unspecified atom stereocenters. The lowest BCUT2D eigenvalue weighted by atomic mass is 10.1. The van der Waals surface area contributed by atoms with Gasteiger partial charge in [-0.2, -0.15) is 0 Å². The molecule has 0 amide bonds. The minimum atomic E-state index is 0.996. The summed E-state index contributed by atoms with van der Waals surface area (Å²) in [4.78, 5) is 11.2. The molecule has 1 aliphatic heterocycles. The summed E-state index contributed by atoms with van der Waals surface area (Å²) in [5.41, 5.74) is 0. The summed E-state index contributed by atoms with van der Waals surface area (Å²) >= 11 is 0. The SMILES string of the molecule is c1cnc(CCCCCCCN2CCCCC2)nc1. The van der Waals surface area contributed by atoms with Crippen LogP contribution in [0, 0.1) is 0 Å². The molecule has 1 aromatic heterocycles. The predicted octanol–water partition coefficient (Wildman–Crippen LogP) is 3.46. The van der Waals surface area contributed by atoms with E-state index in [1.807, 2.05) is 18.5 Å².